The summed E-state index contributed by atoms with van der Waals surface area (Å²) in [5.74, 6) is -3.68. The molecule has 0 heterocycles. The molecular weight excluding hydrogens is 223 g/mol. The maximum Gasteiger partial charge on any atom is 1.00 e. The third-order valence-electron chi connectivity index (χ3n) is 1.50. The molecule has 4 atom stereocenters. The summed E-state index contributed by atoms with van der Waals surface area (Å²) < 4.78 is 0. The van der Waals surface area contributed by atoms with E-state index >= 15 is 0 Å². The van der Waals surface area contributed by atoms with Crippen molar-refractivity contribution in [3.8, 4) is 0 Å². The van der Waals surface area contributed by atoms with Crippen LogP contribution in [0.2, 0.25) is 0 Å². The normalized spacial score (nSPS) is 18.1. The molecule has 84 valence electrons. The Morgan fingerprint density at radius 2 is 1.00 bits per heavy atom. The van der Waals surface area contributed by atoms with Crippen LogP contribution in [0, 0.1) is 0 Å². The molecule has 0 radical (unpaired) electrons. The molecule has 0 rings (SSSR count). The van der Waals surface area contributed by atoms with E-state index in [0.717, 1.165) is 0 Å². The summed E-state index contributed by atoms with van der Waals surface area (Å²) in [5.41, 5.74) is 0. The number of aliphatic hydroxyl groups excluding tert-OH is 4. The van der Waals surface area contributed by atoms with Gasteiger partial charge in [0.2, 0.25) is 0 Å². The van der Waals surface area contributed by atoms with Crippen LogP contribution in [0.25, 0.3) is 0 Å². The zero-order valence-corrected chi connectivity index (χ0v) is 9.81. The summed E-state index contributed by atoms with van der Waals surface area (Å²) in [5, 5.41) is 51.5. The Kier molecular flexibility index (Phi) is 8.16. The predicted molar refractivity (Wildman–Crippen MR) is 40.4 cm³/mol. The Bertz CT molecular complexity index is 213. The van der Waals surface area contributed by atoms with Crippen molar-refractivity contribution in [2.24, 2.45) is 0 Å². The Labute approximate surface area is 108 Å². The molecule has 0 aliphatic heterocycles. The summed E-state index contributed by atoms with van der Waals surface area (Å²) in [7, 11) is 0. The predicted octanol–water partition coefficient (Wildman–Crippen LogP) is -6.28. The molecule has 0 aromatic heterocycles. The molecule has 0 aliphatic carbocycles. The Morgan fingerprint density at radius 1 is 0.800 bits per heavy atom. The fraction of sp³-hybridized carbons (Fsp3) is 0.667. The molecule has 0 aromatic rings. The van der Waals surface area contributed by atoms with Crippen LogP contribution in [0.5, 0.6) is 0 Å². The van der Waals surface area contributed by atoms with Crippen molar-refractivity contribution in [3.63, 3.8) is 0 Å². The second kappa shape index (κ2) is 7.12. The van der Waals surface area contributed by atoms with Gasteiger partial charge >= 0.3 is 41.5 Å². The summed E-state index contributed by atoms with van der Waals surface area (Å²) in [4.78, 5) is 20.2. The van der Waals surface area contributed by atoms with Crippen LogP contribution in [-0.2, 0) is 9.59 Å². The SMILES string of the molecule is O=C(O)C(O)C(O)C(O)C(O)C(=O)O.[H-].[Na+]. The van der Waals surface area contributed by atoms with Crippen LogP contribution in [-0.4, -0.2) is 67.0 Å². The van der Waals surface area contributed by atoms with Gasteiger partial charge < -0.3 is 32.1 Å². The molecule has 9 heteroatoms. The van der Waals surface area contributed by atoms with Crippen molar-refractivity contribution in [1.29, 1.82) is 0 Å². The molecular formula is C6H11NaO8. The molecule has 0 aromatic carbocycles. The van der Waals surface area contributed by atoms with Crippen LogP contribution < -0.4 is 29.6 Å². The minimum absolute atomic E-state index is 0. The number of hydrogen-bond acceptors (Lipinski definition) is 6. The maximum absolute atomic E-state index is 10.1. The van der Waals surface area contributed by atoms with Gasteiger partial charge in [0, 0.05) is 0 Å². The van der Waals surface area contributed by atoms with Gasteiger partial charge in [-0.1, -0.05) is 0 Å². The van der Waals surface area contributed by atoms with Crippen molar-refractivity contribution in [1.82, 2.24) is 0 Å². The van der Waals surface area contributed by atoms with Gasteiger partial charge in [0.25, 0.3) is 0 Å². The van der Waals surface area contributed by atoms with Crippen LogP contribution in [0.4, 0.5) is 0 Å². The summed E-state index contributed by atoms with van der Waals surface area (Å²) in [6.45, 7) is 0. The smallest absolute Gasteiger partial charge is 1.00 e. The summed E-state index contributed by atoms with van der Waals surface area (Å²) in [6.07, 6.45) is -9.28. The number of rotatable bonds is 5. The standard InChI is InChI=1S/C6H10O8.Na.H/c7-1(3(9)5(11)12)2(8)4(10)6(13)14;;/h1-4,7-10H,(H,11,12)(H,13,14);;/q;+1;-1. The molecule has 0 amide bonds. The molecule has 0 saturated carbocycles. The van der Waals surface area contributed by atoms with E-state index in [4.69, 9.17) is 30.6 Å². The largest absolute Gasteiger partial charge is 1.00 e. The number of carboxylic acid groups (broad SMARTS) is 2. The first-order valence-electron chi connectivity index (χ1n) is 3.47. The molecule has 0 bridgehead atoms. The average molecular weight is 234 g/mol. The molecule has 0 spiro atoms. The van der Waals surface area contributed by atoms with Gasteiger partial charge in [-0.3, -0.25) is 0 Å². The summed E-state index contributed by atoms with van der Waals surface area (Å²) >= 11 is 0. The van der Waals surface area contributed by atoms with Crippen molar-refractivity contribution < 1.29 is 71.2 Å². The van der Waals surface area contributed by atoms with E-state index in [-0.39, 0.29) is 31.0 Å². The number of hydrogen-bond donors (Lipinski definition) is 6. The molecule has 15 heavy (non-hydrogen) atoms. The number of aliphatic hydroxyl groups is 4. The molecule has 0 aliphatic rings. The van der Waals surface area contributed by atoms with Gasteiger partial charge in [-0.05, 0) is 0 Å². The van der Waals surface area contributed by atoms with Crippen molar-refractivity contribution in [2.45, 2.75) is 24.4 Å². The van der Waals surface area contributed by atoms with E-state index in [0.29, 0.717) is 0 Å². The van der Waals surface area contributed by atoms with E-state index in [1.807, 2.05) is 0 Å². The van der Waals surface area contributed by atoms with Crippen molar-refractivity contribution in [3.05, 3.63) is 0 Å². The monoisotopic (exact) mass is 234 g/mol. The van der Waals surface area contributed by atoms with E-state index in [9.17, 15) is 9.59 Å². The molecule has 8 nitrogen and oxygen atoms in total. The maximum atomic E-state index is 10.1. The molecule has 0 fully saturated rings. The average Bonchev–Trinajstić information content (AvgIpc) is 2.12. The summed E-state index contributed by atoms with van der Waals surface area (Å²) in [6, 6.07) is 0. The third-order valence-corrected chi connectivity index (χ3v) is 1.50. The van der Waals surface area contributed by atoms with Gasteiger partial charge in [0.05, 0.1) is 0 Å². The van der Waals surface area contributed by atoms with Crippen molar-refractivity contribution >= 4 is 11.9 Å². The third kappa shape index (κ3) is 4.89. The van der Waals surface area contributed by atoms with E-state index in [1.54, 1.807) is 0 Å². The van der Waals surface area contributed by atoms with Gasteiger partial charge in [0.1, 0.15) is 12.2 Å². The van der Waals surface area contributed by atoms with Gasteiger partial charge in [0.15, 0.2) is 12.2 Å². The van der Waals surface area contributed by atoms with E-state index in [2.05, 4.69) is 0 Å². The van der Waals surface area contributed by atoms with Crippen LogP contribution in [0.3, 0.4) is 0 Å². The molecule has 4 unspecified atom stereocenters. The van der Waals surface area contributed by atoms with E-state index < -0.39 is 36.4 Å². The van der Waals surface area contributed by atoms with Crippen LogP contribution in [0.1, 0.15) is 1.43 Å². The fourth-order valence-corrected chi connectivity index (χ4v) is 0.666. The quantitative estimate of drug-likeness (QED) is 0.256. The Balaban J connectivity index is -0.000000845. The van der Waals surface area contributed by atoms with Gasteiger partial charge in [-0.2, -0.15) is 0 Å². The van der Waals surface area contributed by atoms with Crippen LogP contribution in [0.15, 0.2) is 0 Å². The van der Waals surface area contributed by atoms with Gasteiger partial charge in [-0.15, -0.1) is 0 Å². The molecule has 0 saturated heterocycles. The minimum atomic E-state index is -2.36. The van der Waals surface area contributed by atoms with Crippen LogP contribution >= 0.6 is 0 Å². The number of carboxylic acids is 2. The first-order chi connectivity index (χ1) is 6.29. The minimum Gasteiger partial charge on any atom is -1.00 e. The second-order valence-corrected chi connectivity index (χ2v) is 2.55. The Morgan fingerprint density at radius 3 is 1.13 bits per heavy atom. The Hall–Kier alpha value is -0.220. The van der Waals surface area contributed by atoms with E-state index in [1.165, 1.54) is 0 Å². The molecule has 6 N–H and O–H groups in total. The number of aliphatic carboxylic acids is 2. The second-order valence-electron chi connectivity index (χ2n) is 2.55. The zero-order valence-electron chi connectivity index (χ0n) is 8.81. The van der Waals surface area contributed by atoms with Gasteiger partial charge in [-0.25, -0.2) is 9.59 Å². The first kappa shape index (κ1) is 17.2. The zero-order chi connectivity index (χ0) is 11.5. The first-order valence-corrected chi connectivity index (χ1v) is 3.47. The fourth-order valence-electron chi connectivity index (χ4n) is 0.666. The number of carbonyl (C=O) groups is 2. The topological polar surface area (TPSA) is 156 Å². The van der Waals surface area contributed by atoms with Crippen molar-refractivity contribution in [2.75, 3.05) is 0 Å².